The SMILES string of the molecule is COCC1OCCNCC1c1ccc(Cl)c(Cl)c1.Cl. The molecule has 0 aromatic heterocycles. The third kappa shape index (κ3) is 4.48. The van der Waals surface area contributed by atoms with E-state index >= 15 is 0 Å². The van der Waals surface area contributed by atoms with Gasteiger partial charge in [-0.15, -0.1) is 12.4 Å². The molecule has 0 aliphatic carbocycles. The van der Waals surface area contributed by atoms with Crippen LogP contribution in [0.5, 0.6) is 0 Å². The van der Waals surface area contributed by atoms with Gasteiger partial charge in [0, 0.05) is 26.1 Å². The molecule has 1 heterocycles. The number of halogens is 3. The monoisotopic (exact) mass is 325 g/mol. The van der Waals surface area contributed by atoms with Crippen molar-refractivity contribution in [1.29, 1.82) is 0 Å². The van der Waals surface area contributed by atoms with Crippen molar-refractivity contribution in [3.8, 4) is 0 Å². The van der Waals surface area contributed by atoms with Crippen molar-refractivity contribution in [2.45, 2.75) is 12.0 Å². The van der Waals surface area contributed by atoms with Crippen molar-refractivity contribution in [3.63, 3.8) is 0 Å². The molecule has 1 aliphatic rings. The molecule has 1 fully saturated rings. The molecule has 1 N–H and O–H groups in total. The zero-order chi connectivity index (χ0) is 13.0. The van der Waals surface area contributed by atoms with E-state index in [1.165, 1.54) is 0 Å². The van der Waals surface area contributed by atoms with E-state index < -0.39 is 0 Å². The third-order valence-electron chi connectivity index (χ3n) is 3.13. The van der Waals surface area contributed by atoms with Crippen molar-refractivity contribution < 1.29 is 9.47 Å². The van der Waals surface area contributed by atoms with Crippen LogP contribution in [0.25, 0.3) is 0 Å². The molecule has 108 valence electrons. The first-order chi connectivity index (χ1) is 8.72. The molecule has 0 spiro atoms. The number of rotatable bonds is 3. The minimum Gasteiger partial charge on any atom is -0.382 e. The Morgan fingerprint density at radius 2 is 2.16 bits per heavy atom. The summed E-state index contributed by atoms with van der Waals surface area (Å²) in [7, 11) is 1.69. The highest BCUT2D eigenvalue weighted by molar-refractivity contribution is 6.42. The molecule has 0 saturated carbocycles. The molecule has 1 aromatic carbocycles. The normalized spacial score (nSPS) is 23.5. The minimum atomic E-state index is 0. The third-order valence-corrected chi connectivity index (χ3v) is 3.87. The number of methoxy groups -OCH3 is 1. The highest BCUT2D eigenvalue weighted by atomic mass is 35.5. The van der Waals surface area contributed by atoms with Crippen molar-refractivity contribution in [3.05, 3.63) is 33.8 Å². The van der Waals surface area contributed by atoms with Crippen molar-refractivity contribution >= 4 is 35.6 Å². The molecule has 2 rings (SSSR count). The van der Waals surface area contributed by atoms with Gasteiger partial charge in [-0.3, -0.25) is 0 Å². The summed E-state index contributed by atoms with van der Waals surface area (Å²) in [6.45, 7) is 2.99. The van der Waals surface area contributed by atoms with Crippen molar-refractivity contribution in [1.82, 2.24) is 5.32 Å². The van der Waals surface area contributed by atoms with E-state index in [9.17, 15) is 0 Å². The predicted octanol–water partition coefficient (Wildman–Crippen LogP) is 3.13. The first kappa shape index (κ1) is 17.0. The lowest BCUT2D eigenvalue weighted by atomic mass is 9.93. The van der Waals surface area contributed by atoms with Crippen LogP contribution in [-0.2, 0) is 9.47 Å². The zero-order valence-electron chi connectivity index (χ0n) is 10.7. The Balaban J connectivity index is 0.00000180. The van der Waals surface area contributed by atoms with E-state index in [1.54, 1.807) is 7.11 Å². The molecular weight excluding hydrogens is 309 g/mol. The van der Waals surface area contributed by atoms with E-state index in [4.69, 9.17) is 32.7 Å². The largest absolute Gasteiger partial charge is 0.382 e. The minimum absolute atomic E-state index is 0. The van der Waals surface area contributed by atoms with Gasteiger partial charge in [0.05, 0.1) is 29.4 Å². The van der Waals surface area contributed by atoms with Gasteiger partial charge in [-0.1, -0.05) is 29.3 Å². The second-order valence-electron chi connectivity index (χ2n) is 4.35. The van der Waals surface area contributed by atoms with Crippen LogP contribution in [0.1, 0.15) is 11.5 Å². The van der Waals surface area contributed by atoms with Crippen LogP contribution in [0.3, 0.4) is 0 Å². The van der Waals surface area contributed by atoms with Gasteiger partial charge in [0.25, 0.3) is 0 Å². The van der Waals surface area contributed by atoms with Crippen LogP contribution >= 0.6 is 35.6 Å². The Morgan fingerprint density at radius 1 is 1.37 bits per heavy atom. The maximum absolute atomic E-state index is 6.07. The molecule has 2 unspecified atom stereocenters. The fourth-order valence-electron chi connectivity index (χ4n) is 2.19. The fourth-order valence-corrected chi connectivity index (χ4v) is 2.50. The zero-order valence-corrected chi connectivity index (χ0v) is 13.0. The molecule has 6 heteroatoms. The lowest BCUT2D eigenvalue weighted by molar-refractivity contribution is -0.00432. The second-order valence-corrected chi connectivity index (χ2v) is 5.16. The number of hydrogen-bond donors (Lipinski definition) is 1. The van der Waals surface area contributed by atoms with Gasteiger partial charge in [0.15, 0.2) is 0 Å². The molecule has 1 aliphatic heterocycles. The summed E-state index contributed by atoms with van der Waals surface area (Å²) in [5.41, 5.74) is 1.13. The first-order valence-electron chi connectivity index (χ1n) is 5.98. The Kier molecular flexibility index (Phi) is 7.44. The van der Waals surface area contributed by atoms with Crippen LogP contribution in [0.2, 0.25) is 10.0 Å². The van der Waals surface area contributed by atoms with Crippen molar-refractivity contribution in [2.24, 2.45) is 0 Å². The van der Waals surface area contributed by atoms with E-state index in [-0.39, 0.29) is 24.4 Å². The molecule has 3 nitrogen and oxygen atoms in total. The van der Waals surface area contributed by atoms with Gasteiger partial charge in [-0.25, -0.2) is 0 Å². The van der Waals surface area contributed by atoms with Gasteiger partial charge >= 0.3 is 0 Å². The number of hydrogen-bond acceptors (Lipinski definition) is 3. The van der Waals surface area contributed by atoms with Crippen LogP contribution in [0.15, 0.2) is 18.2 Å². The van der Waals surface area contributed by atoms with Crippen LogP contribution in [0, 0.1) is 0 Å². The Morgan fingerprint density at radius 3 is 2.84 bits per heavy atom. The Hall–Kier alpha value is -0.0300. The van der Waals surface area contributed by atoms with Crippen LogP contribution < -0.4 is 5.32 Å². The van der Waals surface area contributed by atoms with Gasteiger partial charge in [-0.2, -0.15) is 0 Å². The summed E-state index contributed by atoms with van der Waals surface area (Å²) in [4.78, 5) is 0. The lowest BCUT2D eigenvalue weighted by Crippen LogP contribution is -2.30. The molecule has 1 aromatic rings. The smallest absolute Gasteiger partial charge is 0.0889 e. The predicted molar refractivity (Wildman–Crippen MR) is 80.9 cm³/mol. The molecule has 2 atom stereocenters. The van der Waals surface area contributed by atoms with E-state index in [1.807, 2.05) is 18.2 Å². The molecule has 0 bridgehead atoms. The topological polar surface area (TPSA) is 30.5 Å². The standard InChI is InChI=1S/C13H17Cl2NO2.ClH/c1-17-8-13-10(7-16-4-5-18-13)9-2-3-11(14)12(15)6-9;/h2-3,6,10,13,16H,4-5,7-8H2,1H3;1H. The lowest BCUT2D eigenvalue weighted by Gasteiger charge is -2.24. The summed E-state index contributed by atoms with van der Waals surface area (Å²) >= 11 is 12.0. The average Bonchev–Trinajstić information content (AvgIpc) is 2.59. The van der Waals surface area contributed by atoms with E-state index in [2.05, 4.69) is 5.32 Å². The van der Waals surface area contributed by atoms with Crippen molar-refractivity contribution in [2.75, 3.05) is 33.4 Å². The molecule has 1 saturated heterocycles. The molecule has 0 amide bonds. The highest BCUT2D eigenvalue weighted by Crippen LogP contribution is 2.29. The highest BCUT2D eigenvalue weighted by Gasteiger charge is 2.26. The van der Waals surface area contributed by atoms with Crippen LogP contribution in [0.4, 0.5) is 0 Å². The second kappa shape index (κ2) is 8.30. The fraction of sp³-hybridized carbons (Fsp3) is 0.538. The summed E-state index contributed by atoms with van der Waals surface area (Å²) in [5.74, 6) is 0.224. The van der Waals surface area contributed by atoms with Gasteiger partial charge in [0.1, 0.15) is 0 Å². The van der Waals surface area contributed by atoms with Crippen LogP contribution in [-0.4, -0.2) is 39.5 Å². The summed E-state index contributed by atoms with van der Waals surface area (Å²) in [6, 6.07) is 5.74. The van der Waals surface area contributed by atoms with E-state index in [0.717, 1.165) is 18.7 Å². The molecule has 19 heavy (non-hydrogen) atoms. The van der Waals surface area contributed by atoms with Gasteiger partial charge in [-0.05, 0) is 17.7 Å². The quantitative estimate of drug-likeness (QED) is 0.925. The summed E-state index contributed by atoms with van der Waals surface area (Å²) in [5, 5.41) is 4.52. The average molecular weight is 327 g/mol. The molecular formula is C13H18Cl3NO2. The van der Waals surface area contributed by atoms with Gasteiger partial charge < -0.3 is 14.8 Å². The Bertz CT molecular complexity index is 403. The maximum atomic E-state index is 6.07. The van der Waals surface area contributed by atoms with E-state index in [0.29, 0.717) is 23.3 Å². The maximum Gasteiger partial charge on any atom is 0.0889 e. The summed E-state index contributed by atoms with van der Waals surface area (Å²) in [6.07, 6.45) is 0.0437. The molecule has 0 radical (unpaired) electrons. The summed E-state index contributed by atoms with van der Waals surface area (Å²) < 4.78 is 11.0. The number of nitrogens with one attached hydrogen (secondary N) is 1. The first-order valence-corrected chi connectivity index (χ1v) is 6.74. The number of benzene rings is 1. The van der Waals surface area contributed by atoms with Gasteiger partial charge in [0.2, 0.25) is 0 Å². The Labute approximate surface area is 130 Å². The number of ether oxygens (including phenoxy) is 2.